The fourth-order valence-corrected chi connectivity index (χ4v) is 9.23. The summed E-state index contributed by atoms with van der Waals surface area (Å²) in [5.74, 6) is -1.14. The van der Waals surface area contributed by atoms with E-state index < -0.39 is 58.7 Å². The maximum absolute atomic E-state index is 15.5. The average Bonchev–Trinajstić information content (AvgIpc) is 3.77. The lowest BCUT2D eigenvalue weighted by Gasteiger charge is -2.47. The zero-order chi connectivity index (χ0) is 34.9. The zero-order valence-electron chi connectivity index (χ0n) is 27.1. The summed E-state index contributed by atoms with van der Waals surface area (Å²) >= 11 is 7.54. The molecule has 7 heterocycles. The number of piperazine rings is 1. The van der Waals surface area contributed by atoms with Gasteiger partial charge in [0.1, 0.15) is 29.7 Å². The van der Waals surface area contributed by atoms with Crippen molar-refractivity contribution >= 4 is 45.8 Å². The van der Waals surface area contributed by atoms with Crippen molar-refractivity contribution in [3.63, 3.8) is 0 Å². The Balaban J connectivity index is 1.24. The van der Waals surface area contributed by atoms with Gasteiger partial charge in [-0.3, -0.25) is 14.2 Å². The average molecular weight is 727 g/mol. The van der Waals surface area contributed by atoms with Crippen LogP contribution >= 0.6 is 22.9 Å². The van der Waals surface area contributed by atoms with Gasteiger partial charge >= 0.3 is 12.1 Å². The molecule has 4 saturated heterocycles. The molecule has 7 rings (SSSR count). The summed E-state index contributed by atoms with van der Waals surface area (Å²) in [5, 5.41) is 3.59. The zero-order valence-corrected chi connectivity index (χ0v) is 28.7. The molecule has 16 heteroatoms. The van der Waals surface area contributed by atoms with Gasteiger partial charge in [-0.25, -0.2) is 18.6 Å². The van der Waals surface area contributed by atoms with Crippen LogP contribution in [0.3, 0.4) is 0 Å². The molecule has 9 nitrogen and oxygen atoms in total. The number of carbonyl (C=O) groups excluding carboxylic acids is 1. The summed E-state index contributed by atoms with van der Waals surface area (Å²) in [6.45, 7) is 4.59. The number of thiophene rings is 1. The highest BCUT2D eigenvalue weighted by Gasteiger charge is 2.58. The Morgan fingerprint density at radius 2 is 2.02 bits per heavy atom. The Morgan fingerprint density at radius 3 is 2.71 bits per heavy atom. The van der Waals surface area contributed by atoms with E-state index in [9.17, 15) is 18.0 Å². The molecule has 0 spiro atoms. The minimum Gasteiger partial charge on any atom is -0.461 e. The van der Waals surface area contributed by atoms with Crippen LogP contribution in [0.5, 0.6) is 6.01 Å². The van der Waals surface area contributed by atoms with E-state index in [4.69, 9.17) is 21.1 Å². The second kappa shape index (κ2) is 12.5. The number of pyridine rings is 1. The minimum absolute atomic E-state index is 0.0925. The van der Waals surface area contributed by atoms with Crippen molar-refractivity contribution in [2.75, 3.05) is 37.8 Å². The highest BCUT2D eigenvalue weighted by atomic mass is 35.5. The van der Waals surface area contributed by atoms with Gasteiger partial charge in [0.05, 0.1) is 29.2 Å². The fraction of sp³-hybridized carbons (Fsp3) is 0.576. The van der Waals surface area contributed by atoms with Gasteiger partial charge in [-0.15, -0.1) is 0 Å². The summed E-state index contributed by atoms with van der Waals surface area (Å²) in [4.78, 5) is 31.3. The number of carbonyl (C=O) groups is 1. The van der Waals surface area contributed by atoms with Crippen molar-refractivity contribution in [3.05, 3.63) is 51.7 Å². The molecule has 3 aromatic heterocycles. The Kier molecular flexibility index (Phi) is 8.70. The molecule has 264 valence electrons. The first-order chi connectivity index (χ1) is 23.2. The number of ether oxygens (including phenoxy) is 2. The minimum atomic E-state index is -1.96. The van der Waals surface area contributed by atoms with Crippen molar-refractivity contribution in [3.8, 4) is 6.01 Å². The van der Waals surface area contributed by atoms with Gasteiger partial charge in [0.15, 0.2) is 11.0 Å². The van der Waals surface area contributed by atoms with Crippen LogP contribution in [0.25, 0.3) is 10.9 Å². The highest BCUT2D eigenvalue weighted by molar-refractivity contribution is 7.08. The molecule has 1 amide bonds. The Labute approximate surface area is 289 Å². The molecule has 2 unspecified atom stereocenters. The number of nitrogens with zero attached hydrogens (tertiary/aromatic N) is 6. The van der Waals surface area contributed by atoms with E-state index in [1.807, 2.05) is 21.7 Å². The molecule has 4 aliphatic rings. The van der Waals surface area contributed by atoms with Crippen LogP contribution in [0.2, 0.25) is 5.15 Å². The first-order valence-corrected chi connectivity index (χ1v) is 17.5. The molecule has 6 atom stereocenters. The summed E-state index contributed by atoms with van der Waals surface area (Å²) in [5.41, 5.74) is -2.43. The lowest BCUT2D eigenvalue weighted by Crippen LogP contribution is -2.63. The SMILES string of the molecule is CC(C)(C)OC(=O)N1C2CCC1(C=C(F)F)CN(c1nc(OC[C@]34C[C@H](F)CN3[C@@H](c3ccsc3)[C@@H](CF)C4)nc3c(F)c(Cl)ncc13)C2. The third kappa shape index (κ3) is 6.09. The van der Waals surface area contributed by atoms with E-state index in [0.29, 0.717) is 12.8 Å². The Hall–Kier alpha value is -3.30. The molecule has 49 heavy (non-hydrogen) atoms. The van der Waals surface area contributed by atoms with Gasteiger partial charge in [-0.1, -0.05) is 11.6 Å². The van der Waals surface area contributed by atoms with Crippen molar-refractivity contribution in [1.82, 2.24) is 24.8 Å². The predicted octanol–water partition coefficient (Wildman–Crippen LogP) is 7.51. The number of fused-ring (bicyclic) bond motifs is 4. The summed E-state index contributed by atoms with van der Waals surface area (Å²) < 4.78 is 84.9. The van der Waals surface area contributed by atoms with Crippen molar-refractivity contribution in [2.24, 2.45) is 5.92 Å². The van der Waals surface area contributed by atoms with E-state index in [1.54, 1.807) is 25.7 Å². The molecule has 2 bridgehead atoms. The smallest absolute Gasteiger partial charge is 0.411 e. The van der Waals surface area contributed by atoms with Gasteiger partial charge in [-0.05, 0) is 62.4 Å². The normalized spacial score (nSPS) is 29.8. The number of hydrogen-bond acceptors (Lipinski definition) is 9. The van der Waals surface area contributed by atoms with E-state index >= 15 is 8.78 Å². The van der Waals surface area contributed by atoms with Gasteiger partial charge in [0.25, 0.3) is 6.08 Å². The van der Waals surface area contributed by atoms with Gasteiger partial charge < -0.3 is 14.4 Å². The fourth-order valence-electron chi connectivity index (χ4n) is 8.40. The van der Waals surface area contributed by atoms with Crippen LogP contribution < -0.4 is 9.64 Å². The number of alkyl halides is 2. The molecular formula is C33H36ClF5N6O3S. The molecule has 0 radical (unpaired) electrons. The molecule has 4 aliphatic heterocycles. The van der Waals surface area contributed by atoms with E-state index in [2.05, 4.69) is 15.0 Å². The second-order valence-corrected chi connectivity index (χ2v) is 15.6. The van der Waals surface area contributed by atoms with E-state index in [-0.39, 0.29) is 73.8 Å². The Bertz CT molecular complexity index is 1780. The largest absolute Gasteiger partial charge is 0.461 e. The highest BCUT2D eigenvalue weighted by Crippen LogP contribution is 2.53. The van der Waals surface area contributed by atoms with Crippen LogP contribution in [-0.4, -0.2) is 92.7 Å². The maximum Gasteiger partial charge on any atom is 0.411 e. The third-order valence-corrected chi connectivity index (χ3v) is 11.1. The van der Waals surface area contributed by atoms with Gasteiger partial charge in [0, 0.05) is 50.3 Å². The first-order valence-electron chi connectivity index (χ1n) is 16.2. The second-order valence-electron chi connectivity index (χ2n) is 14.5. The van der Waals surface area contributed by atoms with Crippen molar-refractivity contribution in [2.45, 2.75) is 81.4 Å². The van der Waals surface area contributed by atoms with E-state index in [1.165, 1.54) is 22.4 Å². The van der Waals surface area contributed by atoms with E-state index in [0.717, 1.165) is 11.6 Å². The molecule has 3 aromatic rings. The molecule has 0 saturated carbocycles. The van der Waals surface area contributed by atoms with Crippen molar-refractivity contribution < 1.29 is 36.2 Å². The molecule has 0 aliphatic carbocycles. The third-order valence-electron chi connectivity index (χ3n) is 10.1. The van der Waals surface area contributed by atoms with Crippen LogP contribution in [0.15, 0.2) is 35.2 Å². The standard InChI is InChI=1S/C33H36ClF5N6O3S/c1-31(2,3)48-30(46)45-21-4-6-32(45,10-23(37)38)16-43(14-21)28-22-12-40-27(34)24(39)25(22)41-29(42-28)47-17-33-8-19(11-35)26(18-5-7-49-15-18)44(33)13-20(36)9-33/h5,7,10,12,15,19-21,26H,4,6,8-9,11,13-14,16-17H2,1-3H3/t19-,20+,21?,26+,32?,33+/m1/s1. The summed E-state index contributed by atoms with van der Waals surface area (Å²) in [6, 6.07) is 0.829. The number of rotatable bonds is 7. The Morgan fingerprint density at radius 1 is 1.22 bits per heavy atom. The molecule has 4 fully saturated rings. The quantitative estimate of drug-likeness (QED) is 0.183. The number of hydrogen-bond donors (Lipinski definition) is 0. The van der Waals surface area contributed by atoms with Gasteiger partial charge in [-0.2, -0.15) is 30.1 Å². The molecular weight excluding hydrogens is 691 g/mol. The van der Waals surface area contributed by atoms with Crippen LogP contribution in [-0.2, 0) is 4.74 Å². The lowest BCUT2D eigenvalue weighted by molar-refractivity contribution is 0.00167. The van der Waals surface area contributed by atoms with Crippen molar-refractivity contribution in [1.29, 1.82) is 0 Å². The predicted molar refractivity (Wildman–Crippen MR) is 174 cm³/mol. The maximum atomic E-state index is 15.5. The topological polar surface area (TPSA) is 83.9 Å². The first kappa shape index (κ1) is 34.2. The molecule has 0 N–H and O–H groups in total. The summed E-state index contributed by atoms with van der Waals surface area (Å²) in [7, 11) is 0. The van der Waals surface area contributed by atoms with Crippen LogP contribution in [0.4, 0.5) is 32.6 Å². The van der Waals surface area contributed by atoms with Gasteiger partial charge in [0.2, 0.25) is 0 Å². The number of aromatic nitrogens is 3. The van der Waals surface area contributed by atoms with Crippen LogP contribution in [0.1, 0.15) is 58.1 Å². The number of amides is 1. The lowest BCUT2D eigenvalue weighted by atomic mass is 9.88. The number of halogens is 6. The van der Waals surface area contributed by atoms with Crippen LogP contribution in [0, 0.1) is 11.7 Å². The number of anilines is 1. The summed E-state index contributed by atoms with van der Waals surface area (Å²) in [6.07, 6.45) is -0.641. The molecule has 0 aromatic carbocycles. The monoisotopic (exact) mass is 726 g/mol.